The number of carbonyl (C=O) groups is 1. The number of pyridine rings is 1. The van der Waals surface area contributed by atoms with Crippen LogP contribution in [0.2, 0.25) is 0 Å². The van der Waals surface area contributed by atoms with Crippen molar-refractivity contribution < 1.29 is 14.3 Å². The summed E-state index contributed by atoms with van der Waals surface area (Å²) in [6.07, 6.45) is 4.91. The summed E-state index contributed by atoms with van der Waals surface area (Å²) in [5, 5.41) is 2.92. The molecule has 0 bridgehead atoms. The van der Waals surface area contributed by atoms with Gasteiger partial charge in [0.05, 0.1) is 18.8 Å². The third-order valence-electron chi connectivity index (χ3n) is 3.92. The van der Waals surface area contributed by atoms with E-state index in [2.05, 4.69) is 15.3 Å². The quantitative estimate of drug-likeness (QED) is 0.838. The maximum atomic E-state index is 12.3. The van der Waals surface area contributed by atoms with Crippen molar-refractivity contribution in [1.82, 2.24) is 19.9 Å². The molecule has 3 heterocycles. The highest BCUT2D eigenvalue weighted by molar-refractivity contribution is 5.76. The highest BCUT2D eigenvalue weighted by atomic mass is 16.5. The van der Waals surface area contributed by atoms with Gasteiger partial charge in [-0.25, -0.2) is 9.78 Å². The Morgan fingerprint density at radius 1 is 1.44 bits per heavy atom. The van der Waals surface area contributed by atoms with Crippen LogP contribution in [0.5, 0.6) is 5.75 Å². The van der Waals surface area contributed by atoms with Crippen LogP contribution in [-0.2, 0) is 16.1 Å². The van der Waals surface area contributed by atoms with Crippen molar-refractivity contribution in [2.24, 2.45) is 0 Å². The van der Waals surface area contributed by atoms with E-state index in [0.29, 0.717) is 25.4 Å². The summed E-state index contributed by atoms with van der Waals surface area (Å²) in [5.41, 5.74) is 0.446. The number of nitrogens with zero attached hydrogens (tertiary/aromatic N) is 3. The molecule has 1 amide bonds. The first-order chi connectivity index (χ1) is 12.1. The van der Waals surface area contributed by atoms with Crippen molar-refractivity contribution in [2.75, 3.05) is 13.2 Å². The van der Waals surface area contributed by atoms with Gasteiger partial charge in [0.2, 0.25) is 5.91 Å². The van der Waals surface area contributed by atoms with Crippen molar-refractivity contribution in [1.29, 1.82) is 0 Å². The van der Waals surface area contributed by atoms with E-state index in [1.54, 1.807) is 12.3 Å². The molecule has 1 saturated heterocycles. The molecule has 8 heteroatoms. The van der Waals surface area contributed by atoms with Gasteiger partial charge in [0, 0.05) is 24.7 Å². The van der Waals surface area contributed by atoms with E-state index < -0.39 is 5.69 Å². The second-order valence-electron chi connectivity index (χ2n) is 5.86. The van der Waals surface area contributed by atoms with Crippen LogP contribution >= 0.6 is 0 Å². The molecule has 1 N–H and O–H groups in total. The summed E-state index contributed by atoms with van der Waals surface area (Å²) >= 11 is 0. The molecule has 0 unspecified atom stereocenters. The lowest BCUT2D eigenvalue weighted by atomic mass is 10.1. The Kier molecular flexibility index (Phi) is 5.39. The summed E-state index contributed by atoms with van der Waals surface area (Å²) < 4.78 is 12.6. The van der Waals surface area contributed by atoms with Crippen LogP contribution in [0.1, 0.15) is 12.1 Å². The maximum Gasteiger partial charge on any atom is 0.347 e. The van der Waals surface area contributed by atoms with Crippen molar-refractivity contribution in [3.63, 3.8) is 0 Å². The monoisotopic (exact) mass is 344 g/mol. The number of amides is 1. The Bertz CT molecular complexity index is 775. The molecular formula is C17H20N4O4. The van der Waals surface area contributed by atoms with Gasteiger partial charge in [-0.15, -0.1) is 0 Å². The first kappa shape index (κ1) is 17.1. The molecule has 2 aromatic rings. The topological polar surface area (TPSA) is 95.3 Å². The lowest BCUT2D eigenvalue weighted by Crippen LogP contribution is -2.52. The normalized spacial score (nSPS) is 20.0. The lowest BCUT2D eigenvalue weighted by molar-refractivity contribution is -0.124. The van der Waals surface area contributed by atoms with Gasteiger partial charge in [0.15, 0.2) is 0 Å². The van der Waals surface area contributed by atoms with Gasteiger partial charge in [0.1, 0.15) is 18.4 Å². The second kappa shape index (κ2) is 7.89. The van der Waals surface area contributed by atoms with Crippen molar-refractivity contribution in [3.8, 4) is 5.75 Å². The van der Waals surface area contributed by atoms with Crippen LogP contribution < -0.4 is 15.7 Å². The zero-order valence-electron chi connectivity index (χ0n) is 13.9. The number of aryl methyl sites for hydroxylation is 1. The first-order valence-corrected chi connectivity index (χ1v) is 8.10. The van der Waals surface area contributed by atoms with E-state index in [-0.39, 0.29) is 24.6 Å². The predicted molar refractivity (Wildman–Crippen MR) is 89.3 cm³/mol. The third kappa shape index (κ3) is 4.63. The molecule has 0 spiro atoms. The Morgan fingerprint density at radius 3 is 3.08 bits per heavy atom. The number of carbonyl (C=O) groups excluding carboxylic acids is 1. The van der Waals surface area contributed by atoms with Crippen LogP contribution in [0, 0.1) is 6.92 Å². The average molecular weight is 344 g/mol. The molecule has 8 nitrogen and oxygen atoms in total. The van der Waals surface area contributed by atoms with Crippen LogP contribution in [-0.4, -0.2) is 45.8 Å². The number of hydrogen-bond donors (Lipinski definition) is 1. The van der Waals surface area contributed by atoms with Crippen LogP contribution in [0.15, 0.2) is 41.6 Å². The van der Waals surface area contributed by atoms with Crippen LogP contribution in [0.25, 0.3) is 0 Å². The molecule has 1 fully saturated rings. The standard InChI is InChI=1S/C17H20N4O4/c1-12-3-4-13(9-19-12)25-15-11-24-8-5-14(15)20-16(22)10-21-7-2-6-18-17(21)23/h2-4,6-7,9,14-15H,5,8,10-11H2,1H3,(H,20,22)/t14-,15+/m0/s1. The van der Waals surface area contributed by atoms with Gasteiger partial charge in [-0.3, -0.25) is 14.3 Å². The fraction of sp³-hybridized carbons (Fsp3) is 0.412. The lowest BCUT2D eigenvalue weighted by Gasteiger charge is -2.32. The third-order valence-corrected chi connectivity index (χ3v) is 3.92. The Balaban J connectivity index is 1.62. The molecule has 3 rings (SSSR count). The van der Waals surface area contributed by atoms with E-state index in [4.69, 9.17) is 9.47 Å². The van der Waals surface area contributed by atoms with Gasteiger partial charge >= 0.3 is 5.69 Å². The Hall–Kier alpha value is -2.74. The molecular weight excluding hydrogens is 324 g/mol. The fourth-order valence-corrected chi connectivity index (χ4v) is 2.61. The summed E-state index contributed by atoms with van der Waals surface area (Å²) in [5.74, 6) is 0.362. The molecule has 0 aliphatic carbocycles. The van der Waals surface area contributed by atoms with E-state index in [1.165, 1.54) is 17.0 Å². The minimum atomic E-state index is -0.455. The van der Waals surface area contributed by atoms with Gasteiger partial charge < -0.3 is 14.8 Å². The Morgan fingerprint density at radius 2 is 2.32 bits per heavy atom. The SMILES string of the molecule is Cc1ccc(O[C@@H]2COCC[C@@H]2NC(=O)Cn2cccnc2=O)cn1. The number of rotatable bonds is 5. The molecule has 0 saturated carbocycles. The smallest absolute Gasteiger partial charge is 0.347 e. The Labute approximate surface area is 144 Å². The number of ether oxygens (including phenoxy) is 2. The summed E-state index contributed by atoms with van der Waals surface area (Å²) in [7, 11) is 0. The summed E-state index contributed by atoms with van der Waals surface area (Å²) in [6.45, 7) is 2.75. The molecule has 1 aliphatic rings. The number of nitrogens with one attached hydrogen (secondary N) is 1. The van der Waals surface area contributed by atoms with Gasteiger partial charge in [-0.1, -0.05) is 0 Å². The first-order valence-electron chi connectivity index (χ1n) is 8.10. The van der Waals surface area contributed by atoms with Gasteiger partial charge in [-0.05, 0) is 31.5 Å². The predicted octanol–water partition coefficient (Wildman–Crippen LogP) is 0.299. The molecule has 2 aromatic heterocycles. The molecule has 0 aromatic carbocycles. The second-order valence-corrected chi connectivity index (χ2v) is 5.86. The number of hydrogen-bond acceptors (Lipinski definition) is 6. The minimum Gasteiger partial charge on any atom is -0.484 e. The molecule has 2 atom stereocenters. The average Bonchev–Trinajstić information content (AvgIpc) is 2.61. The maximum absolute atomic E-state index is 12.3. The molecule has 1 aliphatic heterocycles. The van der Waals surface area contributed by atoms with Crippen LogP contribution in [0.4, 0.5) is 0 Å². The van der Waals surface area contributed by atoms with Crippen molar-refractivity contribution >= 4 is 5.91 Å². The van der Waals surface area contributed by atoms with Gasteiger partial charge in [-0.2, -0.15) is 0 Å². The van der Waals surface area contributed by atoms with E-state index >= 15 is 0 Å². The zero-order valence-corrected chi connectivity index (χ0v) is 13.9. The highest BCUT2D eigenvalue weighted by Gasteiger charge is 2.29. The molecule has 0 radical (unpaired) electrons. The summed E-state index contributed by atoms with van der Waals surface area (Å²) in [4.78, 5) is 31.7. The fourth-order valence-electron chi connectivity index (χ4n) is 2.61. The van der Waals surface area contributed by atoms with E-state index in [1.807, 2.05) is 19.1 Å². The summed E-state index contributed by atoms with van der Waals surface area (Å²) in [6, 6.07) is 5.11. The largest absolute Gasteiger partial charge is 0.484 e. The van der Waals surface area contributed by atoms with E-state index in [9.17, 15) is 9.59 Å². The van der Waals surface area contributed by atoms with E-state index in [0.717, 1.165) is 5.69 Å². The number of aromatic nitrogens is 3. The minimum absolute atomic E-state index is 0.0805. The van der Waals surface area contributed by atoms with Gasteiger partial charge in [0.25, 0.3) is 0 Å². The van der Waals surface area contributed by atoms with Crippen molar-refractivity contribution in [3.05, 3.63) is 53.0 Å². The zero-order chi connectivity index (χ0) is 17.6. The highest BCUT2D eigenvalue weighted by Crippen LogP contribution is 2.17. The van der Waals surface area contributed by atoms with Crippen LogP contribution in [0.3, 0.4) is 0 Å². The van der Waals surface area contributed by atoms with Crippen molar-refractivity contribution in [2.45, 2.75) is 32.0 Å². The molecule has 132 valence electrons. The molecule has 25 heavy (non-hydrogen) atoms.